The molecule has 0 aromatic heterocycles. The van der Waals surface area contributed by atoms with Crippen molar-refractivity contribution in [2.24, 2.45) is 0 Å². The third kappa shape index (κ3) is 2.27. The Bertz CT molecular complexity index is 425. The van der Waals surface area contributed by atoms with Gasteiger partial charge in [0, 0.05) is 0 Å². The minimum Gasteiger partial charge on any atom is -0.493 e. The number of hydrogen-bond acceptors (Lipinski definition) is 5. The van der Waals surface area contributed by atoms with Crippen molar-refractivity contribution in [1.29, 1.82) is 0 Å². The zero-order valence-corrected chi connectivity index (χ0v) is 10.6. The molecular weight excluding hydrogens is 224 g/mol. The Morgan fingerprint density at radius 2 is 1.59 bits per heavy atom. The van der Waals surface area contributed by atoms with Crippen molar-refractivity contribution in [3.8, 4) is 17.2 Å². The van der Waals surface area contributed by atoms with Crippen LogP contribution in [0.2, 0.25) is 0 Å². The summed E-state index contributed by atoms with van der Waals surface area (Å²) in [7, 11) is 5.78. The monoisotopic (exact) mass is 240 g/mol. The van der Waals surface area contributed by atoms with Crippen LogP contribution in [0.4, 0.5) is 0 Å². The van der Waals surface area contributed by atoms with Crippen LogP contribution in [0.15, 0.2) is 6.07 Å². The van der Waals surface area contributed by atoms with Crippen LogP contribution in [0.25, 0.3) is 0 Å². The van der Waals surface area contributed by atoms with Crippen LogP contribution in [0.1, 0.15) is 15.9 Å². The second kappa shape index (κ2) is 5.43. The summed E-state index contributed by atoms with van der Waals surface area (Å²) >= 11 is 0. The van der Waals surface area contributed by atoms with Crippen LogP contribution < -0.4 is 14.2 Å². The number of ether oxygens (including phenoxy) is 4. The fourth-order valence-corrected chi connectivity index (χ4v) is 1.63. The molecule has 0 saturated heterocycles. The van der Waals surface area contributed by atoms with Gasteiger partial charge in [-0.2, -0.15) is 0 Å². The van der Waals surface area contributed by atoms with Gasteiger partial charge in [-0.15, -0.1) is 0 Å². The third-order valence-electron chi connectivity index (χ3n) is 2.42. The quantitative estimate of drug-likeness (QED) is 0.751. The fourth-order valence-electron chi connectivity index (χ4n) is 1.63. The Labute approximate surface area is 100 Å². The Balaban J connectivity index is 3.54. The van der Waals surface area contributed by atoms with E-state index in [0.29, 0.717) is 28.4 Å². The standard InChI is InChI=1S/C12H16O5/c1-7-6-8(14-2)10(15-3)11(16-4)9(7)12(13)17-5/h6H,1-5H3. The van der Waals surface area contributed by atoms with Gasteiger partial charge in [0.2, 0.25) is 5.75 Å². The van der Waals surface area contributed by atoms with Gasteiger partial charge in [-0.05, 0) is 18.6 Å². The molecule has 0 heterocycles. The van der Waals surface area contributed by atoms with E-state index in [9.17, 15) is 4.79 Å². The lowest BCUT2D eigenvalue weighted by Gasteiger charge is -2.16. The van der Waals surface area contributed by atoms with Crippen LogP contribution in [0, 0.1) is 6.92 Å². The maximum Gasteiger partial charge on any atom is 0.342 e. The minimum absolute atomic E-state index is 0.316. The molecule has 0 radical (unpaired) electrons. The predicted octanol–water partition coefficient (Wildman–Crippen LogP) is 1.81. The Morgan fingerprint density at radius 3 is 2.00 bits per heavy atom. The van der Waals surface area contributed by atoms with Crippen LogP contribution in [-0.2, 0) is 4.74 Å². The van der Waals surface area contributed by atoms with E-state index < -0.39 is 5.97 Å². The average molecular weight is 240 g/mol. The zero-order valence-electron chi connectivity index (χ0n) is 10.6. The molecule has 0 fully saturated rings. The normalized spacial score (nSPS) is 9.71. The first-order valence-corrected chi connectivity index (χ1v) is 4.98. The molecule has 0 bridgehead atoms. The molecule has 17 heavy (non-hydrogen) atoms. The first kappa shape index (κ1) is 13.2. The number of hydrogen-bond donors (Lipinski definition) is 0. The minimum atomic E-state index is -0.472. The number of carbonyl (C=O) groups excluding carboxylic acids is 1. The molecule has 0 amide bonds. The van der Waals surface area contributed by atoms with E-state index in [4.69, 9.17) is 18.9 Å². The van der Waals surface area contributed by atoms with Gasteiger partial charge < -0.3 is 18.9 Å². The molecule has 0 aliphatic heterocycles. The maximum absolute atomic E-state index is 11.7. The molecule has 0 N–H and O–H groups in total. The smallest absolute Gasteiger partial charge is 0.342 e. The van der Waals surface area contributed by atoms with Gasteiger partial charge >= 0.3 is 5.97 Å². The number of benzene rings is 1. The van der Waals surface area contributed by atoms with Crippen LogP contribution >= 0.6 is 0 Å². The zero-order chi connectivity index (χ0) is 13.0. The highest BCUT2D eigenvalue weighted by Crippen LogP contribution is 2.41. The van der Waals surface area contributed by atoms with Gasteiger partial charge in [0.25, 0.3) is 0 Å². The molecule has 0 unspecified atom stereocenters. The summed E-state index contributed by atoms with van der Waals surface area (Å²) in [4.78, 5) is 11.7. The van der Waals surface area contributed by atoms with E-state index in [-0.39, 0.29) is 0 Å². The van der Waals surface area contributed by atoms with Gasteiger partial charge in [-0.3, -0.25) is 0 Å². The lowest BCUT2D eigenvalue weighted by molar-refractivity contribution is 0.0595. The van der Waals surface area contributed by atoms with E-state index in [0.717, 1.165) is 0 Å². The van der Waals surface area contributed by atoms with Crippen LogP contribution in [-0.4, -0.2) is 34.4 Å². The summed E-state index contributed by atoms with van der Waals surface area (Å²) in [6.45, 7) is 1.77. The highest BCUT2D eigenvalue weighted by molar-refractivity contribution is 5.95. The molecule has 94 valence electrons. The number of carbonyl (C=O) groups is 1. The summed E-state index contributed by atoms with van der Waals surface area (Å²) in [6.07, 6.45) is 0. The Morgan fingerprint density at radius 1 is 1.00 bits per heavy atom. The molecule has 5 heteroatoms. The SMILES string of the molecule is COC(=O)c1c(C)cc(OC)c(OC)c1OC. The van der Waals surface area contributed by atoms with Gasteiger partial charge in [-0.1, -0.05) is 0 Å². The van der Waals surface area contributed by atoms with E-state index in [2.05, 4.69) is 0 Å². The maximum atomic E-state index is 11.7. The summed E-state index contributed by atoms with van der Waals surface area (Å²) in [5, 5.41) is 0. The summed E-state index contributed by atoms with van der Waals surface area (Å²) in [5.41, 5.74) is 1.04. The lowest BCUT2D eigenvalue weighted by Crippen LogP contribution is -2.08. The highest BCUT2D eigenvalue weighted by Gasteiger charge is 2.23. The number of methoxy groups -OCH3 is 4. The van der Waals surface area contributed by atoms with E-state index in [1.165, 1.54) is 28.4 Å². The van der Waals surface area contributed by atoms with Crippen molar-refractivity contribution in [1.82, 2.24) is 0 Å². The molecule has 0 aliphatic rings. The second-order valence-corrected chi connectivity index (χ2v) is 3.33. The summed E-state index contributed by atoms with van der Waals surface area (Å²) in [5.74, 6) is 0.729. The molecule has 1 aromatic rings. The largest absolute Gasteiger partial charge is 0.493 e. The van der Waals surface area contributed by atoms with Crippen molar-refractivity contribution in [3.63, 3.8) is 0 Å². The van der Waals surface area contributed by atoms with Gasteiger partial charge in [0.1, 0.15) is 5.56 Å². The van der Waals surface area contributed by atoms with E-state index >= 15 is 0 Å². The van der Waals surface area contributed by atoms with Crippen LogP contribution in [0.3, 0.4) is 0 Å². The Kier molecular flexibility index (Phi) is 4.20. The molecule has 5 nitrogen and oxygen atoms in total. The number of esters is 1. The van der Waals surface area contributed by atoms with Gasteiger partial charge in [0.05, 0.1) is 28.4 Å². The molecule has 0 atom stereocenters. The van der Waals surface area contributed by atoms with Crippen molar-refractivity contribution in [3.05, 3.63) is 17.2 Å². The average Bonchev–Trinajstić information content (AvgIpc) is 2.36. The Hall–Kier alpha value is -1.91. The number of aryl methyl sites for hydroxylation is 1. The van der Waals surface area contributed by atoms with Gasteiger partial charge in [0.15, 0.2) is 11.5 Å². The summed E-state index contributed by atoms with van der Waals surface area (Å²) in [6, 6.07) is 1.70. The van der Waals surface area contributed by atoms with E-state index in [1.54, 1.807) is 13.0 Å². The fraction of sp³-hybridized carbons (Fsp3) is 0.417. The molecule has 0 spiro atoms. The van der Waals surface area contributed by atoms with Crippen molar-refractivity contribution < 1.29 is 23.7 Å². The molecule has 0 saturated carbocycles. The van der Waals surface area contributed by atoms with E-state index in [1.807, 2.05) is 0 Å². The lowest BCUT2D eigenvalue weighted by atomic mass is 10.1. The number of rotatable bonds is 4. The highest BCUT2D eigenvalue weighted by atomic mass is 16.5. The third-order valence-corrected chi connectivity index (χ3v) is 2.42. The molecular formula is C12H16O5. The molecule has 1 rings (SSSR count). The predicted molar refractivity (Wildman–Crippen MR) is 62.2 cm³/mol. The van der Waals surface area contributed by atoms with Gasteiger partial charge in [-0.25, -0.2) is 4.79 Å². The molecule has 1 aromatic carbocycles. The molecule has 0 aliphatic carbocycles. The van der Waals surface area contributed by atoms with Crippen molar-refractivity contribution >= 4 is 5.97 Å². The topological polar surface area (TPSA) is 54.0 Å². The second-order valence-electron chi connectivity index (χ2n) is 3.33. The van der Waals surface area contributed by atoms with Crippen molar-refractivity contribution in [2.75, 3.05) is 28.4 Å². The first-order chi connectivity index (χ1) is 8.10. The van der Waals surface area contributed by atoms with Crippen molar-refractivity contribution in [2.45, 2.75) is 6.92 Å². The first-order valence-electron chi connectivity index (χ1n) is 4.98. The summed E-state index contributed by atoms with van der Waals surface area (Å²) < 4.78 is 20.3. The van der Waals surface area contributed by atoms with Crippen LogP contribution in [0.5, 0.6) is 17.2 Å².